The van der Waals surface area contributed by atoms with Gasteiger partial charge in [0.15, 0.2) is 0 Å². The third kappa shape index (κ3) is 2.42. The van der Waals surface area contributed by atoms with E-state index in [9.17, 15) is 4.79 Å². The van der Waals surface area contributed by atoms with Gasteiger partial charge in [-0.2, -0.15) is 5.10 Å². The van der Waals surface area contributed by atoms with Crippen molar-refractivity contribution in [3.63, 3.8) is 0 Å². The monoisotopic (exact) mass is 273 g/mol. The molecule has 0 unspecified atom stereocenters. The molecule has 7 nitrogen and oxygen atoms in total. The molecule has 7 heteroatoms. The maximum absolute atomic E-state index is 10.9. The SMILES string of the molecule is O=C(O)N1CCN(c2ccc(-c3ccn[nH]3)cn2)CC1. The van der Waals surface area contributed by atoms with E-state index in [0.717, 1.165) is 17.1 Å². The molecule has 0 radical (unpaired) electrons. The van der Waals surface area contributed by atoms with Crippen LogP contribution < -0.4 is 4.90 Å². The molecule has 2 N–H and O–H groups in total. The first-order valence-electron chi connectivity index (χ1n) is 6.42. The third-order valence-corrected chi connectivity index (χ3v) is 3.43. The van der Waals surface area contributed by atoms with Crippen LogP contribution in [-0.4, -0.2) is 57.5 Å². The number of aromatic amines is 1. The third-order valence-electron chi connectivity index (χ3n) is 3.43. The van der Waals surface area contributed by atoms with E-state index in [0.29, 0.717) is 26.2 Å². The Morgan fingerprint density at radius 2 is 2.00 bits per heavy atom. The molecule has 0 aliphatic carbocycles. The van der Waals surface area contributed by atoms with E-state index in [1.54, 1.807) is 12.4 Å². The molecule has 0 aromatic carbocycles. The van der Waals surface area contributed by atoms with Crippen LogP contribution in [0.3, 0.4) is 0 Å². The summed E-state index contributed by atoms with van der Waals surface area (Å²) in [4.78, 5) is 18.8. The predicted molar refractivity (Wildman–Crippen MR) is 73.6 cm³/mol. The average molecular weight is 273 g/mol. The lowest BCUT2D eigenvalue weighted by molar-refractivity contribution is 0.142. The smallest absolute Gasteiger partial charge is 0.407 e. The van der Waals surface area contributed by atoms with Crippen LogP contribution in [0.2, 0.25) is 0 Å². The highest BCUT2D eigenvalue weighted by Gasteiger charge is 2.21. The number of anilines is 1. The summed E-state index contributed by atoms with van der Waals surface area (Å²) in [5.41, 5.74) is 1.91. The lowest BCUT2D eigenvalue weighted by Crippen LogP contribution is -2.48. The molecule has 0 spiro atoms. The van der Waals surface area contributed by atoms with Crippen LogP contribution in [-0.2, 0) is 0 Å². The van der Waals surface area contributed by atoms with E-state index in [1.807, 2.05) is 18.2 Å². The summed E-state index contributed by atoms with van der Waals surface area (Å²) in [6.07, 6.45) is 2.65. The van der Waals surface area contributed by atoms with Gasteiger partial charge in [-0.25, -0.2) is 9.78 Å². The molecule has 1 amide bonds. The Morgan fingerprint density at radius 1 is 1.20 bits per heavy atom. The van der Waals surface area contributed by atoms with Crippen molar-refractivity contribution in [2.75, 3.05) is 31.1 Å². The molecule has 0 bridgehead atoms. The Kier molecular flexibility index (Phi) is 3.24. The fourth-order valence-electron chi connectivity index (χ4n) is 2.28. The number of hydrogen-bond donors (Lipinski definition) is 2. The zero-order chi connectivity index (χ0) is 13.9. The van der Waals surface area contributed by atoms with Crippen molar-refractivity contribution < 1.29 is 9.90 Å². The minimum Gasteiger partial charge on any atom is -0.465 e. The molecular formula is C13H15N5O2. The summed E-state index contributed by atoms with van der Waals surface area (Å²) < 4.78 is 0. The second-order valence-corrected chi connectivity index (χ2v) is 4.63. The number of rotatable bonds is 2. The van der Waals surface area contributed by atoms with Crippen molar-refractivity contribution in [1.29, 1.82) is 0 Å². The summed E-state index contributed by atoms with van der Waals surface area (Å²) in [7, 11) is 0. The first-order chi connectivity index (χ1) is 9.74. The minimum atomic E-state index is -0.854. The molecule has 0 saturated carbocycles. The van der Waals surface area contributed by atoms with Crippen molar-refractivity contribution in [3.8, 4) is 11.3 Å². The van der Waals surface area contributed by atoms with Gasteiger partial charge in [0.05, 0.1) is 5.69 Å². The van der Waals surface area contributed by atoms with Crippen molar-refractivity contribution in [2.24, 2.45) is 0 Å². The van der Waals surface area contributed by atoms with Gasteiger partial charge >= 0.3 is 6.09 Å². The average Bonchev–Trinajstić information content (AvgIpc) is 3.02. The van der Waals surface area contributed by atoms with Gasteiger partial charge in [-0.05, 0) is 18.2 Å². The standard InChI is InChI=1S/C13H15N5O2/c19-13(20)18-7-5-17(6-8-18)12-2-1-10(9-14-12)11-3-4-15-16-11/h1-4,9H,5-8H2,(H,15,16)(H,19,20). The van der Waals surface area contributed by atoms with E-state index >= 15 is 0 Å². The summed E-state index contributed by atoms with van der Waals surface area (Å²) in [5, 5.41) is 15.7. The van der Waals surface area contributed by atoms with E-state index in [-0.39, 0.29) is 0 Å². The Labute approximate surface area is 115 Å². The van der Waals surface area contributed by atoms with Gasteiger partial charge in [0, 0.05) is 44.1 Å². The summed E-state index contributed by atoms with van der Waals surface area (Å²) >= 11 is 0. The normalized spacial score (nSPS) is 15.4. The number of amides is 1. The molecule has 20 heavy (non-hydrogen) atoms. The van der Waals surface area contributed by atoms with Gasteiger partial charge in [0.25, 0.3) is 0 Å². The molecule has 1 saturated heterocycles. The fraction of sp³-hybridized carbons (Fsp3) is 0.308. The number of hydrogen-bond acceptors (Lipinski definition) is 4. The number of aromatic nitrogens is 3. The van der Waals surface area contributed by atoms with Crippen molar-refractivity contribution in [3.05, 3.63) is 30.6 Å². The number of H-pyrrole nitrogens is 1. The number of nitrogens with zero attached hydrogens (tertiary/aromatic N) is 4. The summed E-state index contributed by atoms with van der Waals surface area (Å²) in [5.74, 6) is 0.873. The number of carbonyl (C=O) groups is 1. The van der Waals surface area contributed by atoms with Crippen LogP contribution in [0, 0.1) is 0 Å². The van der Waals surface area contributed by atoms with E-state index in [2.05, 4.69) is 20.1 Å². The summed E-state index contributed by atoms with van der Waals surface area (Å²) in [6, 6.07) is 5.83. The van der Waals surface area contributed by atoms with Crippen LogP contribution >= 0.6 is 0 Å². The van der Waals surface area contributed by atoms with Crippen LogP contribution in [0.15, 0.2) is 30.6 Å². The zero-order valence-electron chi connectivity index (χ0n) is 10.9. The molecule has 1 aliphatic rings. The lowest BCUT2D eigenvalue weighted by Gasteiger charge is -2.33. The predicted octanol–water partition coefficient (Wildman–Crippen LogP) is 1.27. The van der Waals surface area contributed by atoms with Gasteiger partial charge in [0.1, 0.15) is 5.82 Å². The largest absolute Gasteiger partial charge is 0.465 e. The number of carboxylic acid groups (broad SMARTS) is 1. The van der Waals surface area contributed by atoms with Gasteiger partial charge in [0.2, 0.25) is 0 Å². The van der Waals surface area contributed by atoms with Crippen LogP contribution in [0.4, 0.5) is 10.6 Å². The summed E-state index contributed by atoms with van der Waals surface area (Å²) in [6.45, 7) is 2.37. The minimum absolute atomic E-state index is 0.513. The topological polar surface area (TPSA) is 85.4 Å². The maximum Gasteiger partial charge on any atom is 0.407 e. The first-order valence-corrected chi connectivity index (χ1v) is 6.42. The van der Waals surface area contributed by atoms with Crippen LogP contribution in [0.1, 0.15) is 0 Å². The Hall–Kier alpha value is -2.57. The molecule has 3 rings (SSSR count). The second kappa shape index (κ2) is 5.20. The first kappa shape index (κ1) is 12.5. The molecule has 0 atom stereocenters. The van der Waals surface area contributed by atoms with E-state index in [1.165, 1.54) is 4.90 Å². The molecular weight excluding hydrogens is 258 g/mol. The highest BCUT2D eigenvalue weighted by atomic mass is 16.4. The Bertz CT molecular complexity index is 573. The highest BCUT2D eigenvalue weighted by Crippen LogP contribution is 2.19. The van der Waals surface area contributed by atoms with Crippen molar-refractivity contribution >= 4 is 11.9 Å². The van der Waals surface area contributed by atoms with Gasteiger partial charge in [-0.15, -0.1) is 0 Å². The fourth-order valence-corrected chi connectivity index (χ4v) is 2.28. The second-order valence-electron chi connectivity index (χ2n) is 4.63. The maximum atomic E-state index is 10.9. The van der Waals surface area contributed by atoms with E-state index in [4.69, 9.17) is 5.11 Å². The molecule has 1 fully saturated rings. The molecule has 2 aromatic rings. The molecule has 104 valence electrons. The highest BCUT2D eigenvalue weighted by molar-refractivity contribution is 5.65. The number of pyridine rings is 1. The van der Waals surface area contributed by atoms with Crippen molar-refractivity contribution in [2.45, 2.75) is 0 Å². The van der Waals surface area contributed by atoms with Crippen LogP contribution in [0.25, 0.3) is 11.3 Å². The van der Waals surface area contributed by atoms with Gasteiger partial charge in [-0.3, -0.25) is 5.10 Å². The molecule has 3 heterocycles. The van der Waals surface area contributed by atoms with Crippen LogP contribution in [0.5, 0.6) is 0 Å². The van der Waals surface area contributed by atoms with Gasteiger partial charge < -0.3 is 14.9 Å². The lowest BCUT2D eigenvalue weighted by atomic mass is 10.2. The Morgan fingerprint density at radius 3 is 2.55 bits per heavy atom. The zero-order valence-corrected chi connectivity index (χ0v) is 10.9. The Balaban J connectivity index is 1.68. The van der Waals surface area contributed by atoms with E-state index < -0.39 is 6.09 Å². The quantitative estimate of drug-likeness (QED) is 0.860. The molecule has 2 aromatic heterocycles. The number of piperazine rings is 1. The molecule has 1 aliphatic heterocycles. The van der Waals surface area contributed by atoms with Gasteiger partial charge in [-0.1, -0.05) is 0 Å². The van der Waals surface area contributed by atoms with Crippen molar-refractivity contribution in [1.82, 2.24) is 20.1 Å². The number of nitrogens with one attached hydrogen (secondary N) is 1.